The first-order valence-corrected chi connectivity index (χ1v) is 7.44. The maximum atomic E-state index is 13.6. The molecule has 0 saturated heterocycles. The van der Waals surface area contributed by atoms with Crippen molar-refractivity contribution in [2.24, 2.45) is 0 Å². The average molecular weight is 404 g/mol. The van der Waals surface area contributed by atoms with E-state index in [0.717, 1.165) is 0 Å². The molecule has 0 fully saturated rings. The van der Waals surface area contributed by atoms with Crippen LogP contribution in [0.15, 0.2) is 45.3 Å². The monoisotopic (exact) mass is 402 g/mol. The quantitative estimate of drug-likeness (QED) is 0.713. The normalized spacial score (nSPS) is 10.6. The molecule has 0 unspecified atom stereocenters. The van der Waals surface area contributed by atoms with E-state index in [1.54, 1.807) is 24.3 Å². The Morgan fingerprint density at radius 3 is 1.60 bits per heavy atom. The SMILES string of the molecule is O=C(Cc1ccc(Br)cc1F)Cc1ccc(Br)cc1F. The third kappa shape index (κ3) is 3.96. The van der Waals surface area contributed by atoms with Crippen LogP contribution in [0.4, 0.5) is 8.78 Å². The number of rotatable bonds is 4. The van der Waals surface area contributed by atoms with Crippen LogP contribution in [-0.4, -0.2) is 5.78 Å². The molecule has 5 heteroatoms. The number of carbonyl (C=O) groups excluding carboxylic acids is 1. The molecular formula is C15H10Br2F2O. The lowest BCUT2D eigenvalue weighted by atomic mass is 10.0. The fourth-order valence-corrected chi connectivity index (χ4v) is 2.48. The van der Waals surface area contributed by atoms with Gasteiger partial charge in [-0.05, 0) is 35.4 Å². The number of ketones is 1. The lowest BCUT2D eigenvalue weighted by Crippen LogP contribution is -2.09. The van der Waals surface area contributed by atoms with Crippen molar-refractivity contribution in [2.45, 2.75) is 12.8 Å². The first kappa shape index (κ1) is 15.3. The van der Waals surface area contributed by atoms with Crippen LogP contribution in [-0.2, 0) is 17.6 Å². The van der Waals surface area contributed by atoms with Gasteiger partial charge in [-0.2, -0.15) is 0 Å². The summed E-state index contributed by atoms with van der Waals surface area (Å²) in [5, 5.41) is 0. The molecular weight excluding hydrogens is 394 g/mol. The first-order valence-electron chi connectivity index (χ1n) is 5.85. The van der Waals surface area contributed by atoms with Gasteiger partial charge < -0.3 is 0 Å². The third-order valence-electron chi connectivity index (χ3n) is 2.81. The van der Waals surface area contributed by atoms with E-state index >= 15 is 0 Å². The minimum absolute atomic E-state index is 0.0470. The summed E-state index contributed by atoms with van der Waals surface area (Å²) >= 11 is 6.31. The van der Waals surface area contributed by atoms with Gasteiger partial charge in [-0.3, -0.25) is 4.79 Å². The van der Waals surface area contributed by atoms with E-state index < -0.39 is 11.6 Å². The van der Waals surface area contributed by atoms with Crippen LogP contribution in [0.5, 0.6) is 0 Å². The smallest absolute Gasteiger partial charge is 0.141 e. The minimum Gasteiger partial charge on any atom is -0.299 e. The zero-order valence-corrected chi connectivity index (χ0v) is 13.5. The maximum absolute atomic E-state index is 13.6. The van der Waals surface area contributed by atoms with Gasteiger partial charge >= 0.3 is 0 Å². The van der Waals surface area contributed by atoms with Crippen LogP contribution < -0.4 is 0 Å². The lowest BCUT2D eigenvalue weighted by Gasteiger charge is -2.05. The summed E-state index contributed by atoms with van der Waals surface area (Å²) in [7, 11) is 0. The van der Waals surface area contributed by atoms with Crippen LogP contribution in [0.2, 0.25) is 0 Å². The van der Waals surface area contributed by atoms with Gasteiger partial charge in [0.1, 0.15) is 17.4 Å². The summed E-state index contributed by atoms with van der Waals surface area (Å²) in [6.07, 6.45) is -0.0940. The van der Waals surface area contributed by atoms with Crippen molar-refractivity contribution in [1.29, 1.82) is 0 Å². The standard InChI is InChI=1S/C15H10Br2F2O/c16-11-3-1-9(14(18)7-11)5-13(20)6-10-2-4-12(17)8-15(10)19/h1-4,7-8H,5-6H2. The molecule has 2 rings (SSSR count). The molecule has 1 nitrogen and oxygen atoms in total. The molecule has 2 aromatic rings. The molecule has 0 heterocycles. The van der Waals surface area contributed by atoms with Gasteiger partial charge in [-0.25, -0.2) is 8.78 Å². The largest absolute Gasteiger partial charge is 0.299 e. The second-order valence-corrected chi connectivity index (χ2v) is 6.20. The van der Waals surface area contributed by atoms with Crippen molar-refractivity contribution < 1.29 is 13.6 Å². The van der Waals surface area contributed by atoms with Gasteiger partial charge in [0.25, 0.3) is 0 Å². The topological polar surface area (TPSA) is 17.1 Å². The van der Waals surface area contributed by atoms with Crippen molar-refractivity contribution in [3.05, 3.63) is 68.1 Å². The Morgan fingerprint density at radius 1 is 0.850 bits per heavy atom. The predicted octanol–water partition coefficient (Wildman–Crippen LogP) is 4.84. The van der Waals surface area contributed by atoms with Gasteiger partial charge in [-0.15, -0.1) is 0 Å². The third-order valence-corrected chi connectivity index (χ3v) is 3.79. The van der Waals surface area contributed by atoms with E-state index in [9.17, 15) is 13.6 Å². The Morgan fingerprint density at radius 2 is 1.25 bits per heavy atom. The molecule has 104 valence electrons. The van der Waals surface area contributed by atoms with Crippen LogP contribution in [0.25, 0.3) is 0 Å². The molecule has 0 radical (unpaired) electrons. The van der Waals surface area contributed by atoms with E-state index in [2.05, 4.69) is 31.9 Å². The highest BCUT2D eigenvalue weighted by atomic mass is 79.9. The number of hydrogen-bond acceptors (Lipinski definition) is 1. The summed E-state index contributed by atoms with van der Waals surface area (Å²) in [5.41, 5.74) is 0.631. The second kappa shape index (κ2) is 6.59. The number of halogens is 4. The molecule has 0 atom stereocenters. The zero-order valence-electron chi connectivity index (χ0n) is 10.3. The molecule has 0 aliphatic heterocycles. The van der Waals surface area contributed by atoms with Crippen molar-refractivity contribution in [3.8, 4) is 0 Å². The van der Waals surface area contributed by atoms with E-state index in [0.29, 0.717) is 20.1 Å². The predicted molar refractivity (Wildman–Crippen MR) is 80.6 cm³/mol. The number of carbonyl (C=O) groups is 1. The van der Waals surface area contributed by atoms with E-state index in [1.807, 2.05) is 0 Å². The Kier molecular flexibility index (Phi) is 5.05. The summed E-state index contributed by atoms with van der Waals surface area (Å²) in [6.45, 7) is 0. The molecule has 20 heavy (non-hydrogen) atoms. The Balaban J connectivity index is 2.09. The molecule has 0 N–H and O–H groups in total. The molecule has 0 aliphatic carbocycles. The number of benzene rings is 2. The first-order chi connectivity index (χ1) is 9.45. The van der Waals surface area contributed by atoms with Crippen molar-refractivity contribution in [3.63, 3.8) is 0 Å². The van der Waals surface area contributed by atoms with Crippen LogP contribution in [0.3, 0.4) is 0 Å². The fraction of sp³-hybridized carbons (Fsp3) is 0.133. The summed E-state index contributed by atoms with van der Waals surface area (Å²) in [5.74, 6) is -1.11. The van der Waals surface area contributed by atoms with Gasteiger partial charge in [0.05, 0.1) is 0 Å². The summed E-state index contributed by atoms with van der Waals surface area (Å²) < 4.78 is 28.5. The highest BCUT2D eigenvalue weighted by molar-refractivity contribution is 9.10. The fourth-order valence-electron chi connectivity index (χ4n) is 1.82. The molecule has 0 aliphatic rings. The van der Waals surface area contributed by atoms with Crippen molar-refractivity contribution in [2.75, 3.05) is 0 Å². The Labute approximate surface area is 132 Å². The van der Waals surface area contributed by atoms with Crippen LogP contribution >= 0.6 is 31.9 Å². The Hall–Kier alpha value is -1.07. The maximum Gasteiger partial charge on any atom is 0.141 e. The lowest BCUT2D eigenvalue weighted by molar-refractivity contribution is -0.117. The molecule has 0 bridgehead atoms. The van der Waals surface area contributed by atoms with E-state index in [-0.39, 0.29) is 18.6 Å². The van der Waals surface area contributed by atoms with Gasteiger partial charge in [0, 0.05) is 21.8 Å². The van der Waals surface area contributed by atoms with Gasteiger partial charge in [0.15, 0.2) is 0 Å². The van der Waals surface area contributed by atoms with Crippen LogP contribution in [0.1, 0.15) is 11.1 Å². The van der Waals surface area contributed by atoms with Crippen molar-refractivity contribution in [1.82, 2.24) is 0 Å². The average Bonchev–Trinajstić information content (AvgIpc) is 2.36. The highest BCUT2D eigenvalue weighted by Crippen LogP contribution is 2.18. The number of Topliss-reactive ketones (excluding diaryl/α,β-unsaturated/α-hetero) is 1. The van der Waals surface area contributed by atoms with E-state index in [4.69, 9.17) is 0 Å². The molecule has 0 saturated carbocycles. The summed E-state index contributed by atoms with van der Waals surface area (Å²) in [6, 6.07) is 9.06. The summed E-state index contributed by atoms with van der Waals surface area (Å²) in [4.78, 5) is 11.9. The molecule has 2 aromatic carbocycles. The number of hydrogen-bond donors (Lipinski definition) is 0. The Bertz CT molecular complexity index is 601. The minimum atomic E-state index is -0.441. The van der Waals surface area contributed by atoms with Crippen LogP contribution in [0, 0.1) is 11.6 Å². The molecule has 0 aromatic heterocycles. The van der Waals surface area contributed by atoms with E-state index in [1.165, 1.54) is 12.1 Å². The molecule has 0 amide bonds. The molecule has 0 spiro atoms. The second-order valence-electron chi connectivity index (χ2n) is 4.36. The van der Waals surface area contributed by atoms with Gasteiger partial charge in [-0.1, -0.05) is 44.0 Å². The van der Waals surface area contributed by atoms with Gasteiger partial charge in [0.2, 0.25) is 0 Å². The van der Waals surface area contributed by atoms with Crippen molar-refractivity contribution >= 4 is 37.6 Å². The zero-order chi connectivity index (χ0) is 14.7. The highest BCUT2D eigenvalue weighted by Gasteiger charge is 2.12.